The van der Waals surface area contributed by atoms with E-state index in [0.717, 1.165) is 10.4 Å². The lowest BCUT2D eigenvalue weighted by Gasteiger charge is -2.16. The number of aromatic nitrogens is 2. The summed E-state index contributed by atoms with van der Waals surface area (Å²) in [7, 11) is 0. The highest BCUT2D eigenvalue weighted by molar-refractivity contribution is 7.21. The molecule has 0 aliphatic heterocycles. The fraction of sp³-hybridized carbons (Fsp3) is 0.174. The first-order chi connectivity index (χ1) is 14.6. The van der Waals surface area contributed by atoms with Gasteiger partial charge in [-0.2, -0.15) is 0 Å². The maximum Gasteiger partial charge on any atom is 0.262 e. The molecule has 0 radical (unpaired) electrons. The molecule has 6 nitrogen and oxygen atoms in total. The zero-order chi connectivity index (χ0) is 21.1. The Morgan fingerprint density at radius 2 is 1.90 bits per heavy atom. The van der Waals surface area contributed by atoms with Gasteiger partial charge in [0.1, 0.15) is 16.6 Å². The van der Waals surface area contributed by atoms with Crippen LogP contribution in [0.5, 0.6) is 5.75 Å². The third-order valence-corrected chi connectivity index (χ3v) is 5.87. The van der Waals surface area contributed by atoms with Crippen molar-refractivity contribution in [2.24, 2.45) is 0 Å². The Labute approximate surface area is 177 Å². The molecule has 1 amide bonds. The van der Waals surface area contributed by atoms with Crippen LogP contribution in [0.15, 0.2) is 71.8 Å². The first-order valence-corrected chi connectivity index (χ1v) is 10.5. The van der Waals surface area contributed by atoms with Crippen molar-refractivity contribution in [3.63, 3.8) is 0 Å². The van der Waals surface area contributed by atoms with Gasteiger partial charge in [0.15, 0.2) is 0 Å². The largest absolute Gasteiger partial charge is 0.492 e. The van der Waals surface area contributed by atoms with Gasteiger partial charge in [0.05, 0.1) is 24.0 Å². The lowest BCUT2D eigenvalue weighted by molar-refractivity contribution is -0.118. The fourth-order valence-corrected chi connectivity index (χ4v) is 4.17. The van der Waals surface area contributed by atoms with Crippen molar-refractivity contribution in [1.82, 2.24) is 9.55 Å². The smallest absolute Gasteiger partial charge is 0.262 e. The second kappa shape index (κ2) is 8.51. The summed E-state index contributed by atoms with van der Waals surface area (Å²) >= 11 is 1.46. The predicted molar refractivity (Wildman–Crippen MR) is 120 cm³/mol. The van der Waals surface area contributed by atoms with Crippen molar-refractivity contribution in [3.05, 3.63) is 77.3 Å². The molecular weight excluding hydrogens is 398 g/mol. The van der Waals surface area contributed by atoms with E-state index in [2.05, 4.69) is 10.3 Å². The highest BCUT2D eigenvalue weighted by Gasteiger charge is 2.20. The Morgan fingerprint density at radius 3 is 2.67 bits per heavy atom. The highest BCUT2D eigenvalue weighted by Crippen LogP contribution is 2.31. The number of carbonyl (C=O) groups is 1. The summed E-state index contributed by atoms with van der Waals surface area (Å²) < 4.78 is 6.92. The minimum Gasteiger partial charge on any atom is -0.492 e. The summed E-state index contributed by atoms with van der Waals surface area (Å²) in [6, 6.07) is 18.2. The second-order valence-electron chi connectivity index (χ2n) is 6.75. The van der Waals surface area contributed by atoms with Crippen LogP contribution in [0.25, 0.3) is 20.7 Å². The molecule has 0 saturated carbocycles. The molecule has 30 heavy (non-hydrogen) atoms. The van der Waals surface area contributed by atoms with E-state index >= 15 is 0 Å². The van der Waals surface area contributed by atoms with Crippen LogP contribution in [-0.2, 0) is 4.79 Å². The number of anilines is 1. The topological polar surface area (TPSA) is 73.2 Å². The lowest BCUT2D eigenvalue weighted by Crippen LogP contribution is -2.31. The van der Waals surface area contributed by atoms with E-state index in [1.807, 2.05) is 55.5 Å². The van der Waals surface area contributed by atoms with Crippen LogP contribution in [-0.4, -0.2) is 22.1 Å². The van der Waals surface area contributed by atoms with Gasteiger partial charge in [-0.25, -0.2) is 4.98 Å². The second-order valence-corrected chi connectivity index (χ2v) is 7.78. The summed E-state index contributed by atoms with van der Waals surface area (Å²) in [6.07, 6.45) is 1.44. The van der Waals surface area contributed by atoms with Gasteiger partial charge in [-0.1, -0.05) is 42.5 Å². The summed E-state index contributed by atoms with van der Waals surface area (Å²) in [4.78, 5) is 31.9. The maximum absolute atomic E-state index is 13.1. The molecule has 2 aromatic heterocycles. The number of rotatable bonds is 6. The number of para-hydroxylation sites is 2. The standard InChI is InChI=1S/C23H21N3O3S/c1-3-29-19-12-8-7-11-18(19)25-21(27)15(2)26-14-24-22-17(23(26)28)13-20(30-22)16-9-5-4-6-10-16/h4-15H,3H2,1-2H3,(H,25,27)/t15-/m1/s1. The van der Waals surface area contributed by atoms with Crippen molar-refractivity contribution < 1.29 is 9.53 Å². The average Bonchev–Trinajstić information content (AvgIpc) is 3.21. The molecule has 0 unspecified atom stereocenters. The van der Waals surface area contributed by atoms with E-state index in [-0.39, 0.29) is 11.5 Å². The van der Waals surface area contributed by atoms with Crippen molar-refractivity contribution in [2.75, 3.05) is 11.9 Å². The van der Waals surface area contributed by atoms with Crippen LogP contribution in [0.4, 0.5) is 5.69 Å². The Kier molecular flexibility index (Phi) is 5.63. The molecule has 1 N–H and O–H groups in total. The molecule has 0 aliphatic carbocycles. The van der Waals surface area contributed by atoms with Gasteiger partial charge in [-0.3, -0.25) is 14.2 Å². The summed E-state index contributed by atoms with van der Waals surface area (Å²) in [6.45, 7) is 4.05. The Hall–Kier alpha value is -3.45. The lowest BCUT2D eigenvalue weighted by atomic mass is 10.2. The number of nitrogens with one attached hydrogen (secondary N) is 1. The molecule has 1 atom stereocenters. The van der Waals surface area contributed by atoms with Crippen LogP contribution in [0.1, 0.15) is 19.9 Å². The molecule has 0 saturated heterocycles. The first-order valence-electron chi connectivity index (χ1n) is 9.67. The van der Waals surface area contributed by atoms with Crippen LogP contribution in [0, 0.1) is 0 Å². The molecule has 4 aromatic rings. The van der Waals surface area contributed by atoms with Gasteiger partial charge >= 0.3 is 0 Å². The molecule has 0 spiro atoms. The number of hydrogen-bond acceptors (Lipinski definition) is 5. The van der Waals surface area contributed by atoms with Crippen molar-refractivity contribution >= 4 is 33.1 Å². The quantitative estimate of drug-likeness (QED) is 0.491. The number of amides is 1. The Balaban J connectivity index is 1.63. The highest BCUT2D eigenvalue weighted by atomic mass is 32.1. The van der Waals surface area contributed by atoms with E-state index < -0.39 is 6.04 Å². The Bertz CT molecular complexity index is 1250. The summed E-state index contributed by atoms with van der Waals surface area (Å²) in [5, 5.41) is 3.36. The van der Waals surface area contributed by atoms with Crippen LogP contribution in [0.3, 0.4) is 0 Å². The van der Waals surface area contributed by atoms with E-state index in [1.54, 1.807) is 19.1 Å². The van der Waals surface area contributed by atoms with E-state index in [4.69, 9.17) is 4.74 Å². The molecule has 0 aliphatic rings. The summed E-state index contributed by atoms with van der Waals surface area (Å²) in [5.74, 6) is 0.274. The third kappa shape index (κ3) is 3.84. The predicted octanol–water partition coefficient (Wildman–Crippen LogP) is 4.72. The number of carbonyl (C=O) groups excluding carboxylic acids is 1. The molecule has 7 heteroatoms. The molecule has 0 bridgehead atoms. The molecular formula is C23H21N3O3S. The van der Waals surface area contributed by atoms with Crippen molar-refractivity contribution in [3.8, 4) is 16.2 Å². The van der Waals surface area contributed by atoms with Crippen LogP contribution in [0.2, 0.25) is 0 Å². The van der Waals surface area contributed by atoms with Crippen molar-refractivity contribution in [2.45, 2.75) is 19.9 Å². The Morgan fingerprint density at radius 1 is 1.17 bits per heavy atom. The van der Waals surface area contributed by atoms with Gasteiger partial charge in [-0.15, -0.1) is 11.3 Å². The van der Waals surface area contributed by atoms with E-state index in [9.17, 15) is 9.59 Å². The van der Waals surface area contributed by atoms with E-state index in [0.29, 0.717) is 28.3 Å². The minimum atomic E-state index is -0.732. The molecule has 4 rings (SSSR count). The molecule has 2 heterocycles. The van der Waals surface area contributed by atoms with Crippen LogP contribution < -0.4 is 15.6 Å². The maximum atomic E-state index is 13.1. The van der Waals surface area contributed by atoms with Gasteiger partial charge < -0.3 is 10.1 Å². The van der Waals surface area contributed by atoms with Crippen molar-refractivity contribution in [1.29, 1.82) is 0 Å². The summed E-state index contributed by atoms with van der Waals surface area (Å²) in [5.41, 5.74) is 1.36. The first kappa shape index (κ1) is 19.8. The minimum absolute atomic E-state index is 0.237. The number of hydrogen-bond donors (Lipinski definition) is 1. The normalized spacial score (nSPS) is 11.9. The van der Waals surface area contributed by atoms with E-state index in [1.165, 1.54) is 22.2 Å². The number of nitrogens with zero attached hydrogens (tertiary/aromatic N) is 2. The number of thiophene rings is 1. The van der Waals surface area contributed by atoms with Gasteiger partial charge in [0.2, 0.25) is 5.91 Å². The van der Waals surface area contributed by atoms with Gasteiger partial charge in [-0.05, 0) is 37.6 Å². The number of ether oxygens (including phenoxy) is 1. The fourth-order valence-electron chi connectivity index (χ4n) is 3.17. The SMILES string of the molecule is CCOc1ccccc1NC(=O)[C@@H](C)n1cnc2sc(-c3ccccc3)cc2c1=O. The average molecular weight is 420 g/mol. The van der Waals surface area contributed by atoms with Crippen LogP contribution >= 0.6 is 11.3 Å². The number of fused-ring (bicyclic) bond motifs is 1. The molecule has 152 valence electrons. The van der Waals surface area contributed by atoms with Gasteiger partial charge in [0.25, 0.3) is 5.56 Å². The zero-order valence-corrected chi connectivity index (χ0v) is 17.5. The molecule has 2 aromatic carbocycles. The van der Waals surface area contributed by atoms with Gasteiger partial charge in [0, 0.05) is 4.88 Å². The number of benzene rings is 2. The third-order valence-electron chi connectivity index (χ3n) is 4.78. The monoisotopic (exact) mass is 419 g/mol. The zero-order valence-electron chi connectivity index (χ0n) is 16.7. The molecule has 0 fully saturated rings.